The monoisotopic (exact) mass is 187 g/mol. The smallest absolute Gasteiger partial charge is 0.0443 e. The van der Waals surface area contributed by atoms with Crippen LogP contribution in [0.2, 0.25) is 0 Å². The number of unbranched alkanes of at least 4 members (excludes halogenated alkanes) is 4. The molecule has 82 valence electrons. The molecule has 0 aromatic rings. The van der Waals surface area contributed by atoms with Crippen molar-refractivity contribution in [3.63, 3.8) is 0 Å². The predicted molar refractivity (Wildman–Crippen MR) is 62.5 cm³/mol. The maximum absolute atomic E-state index is 2.40. The molecule has 0 fully saturated rings. The minimum absolute atomic E-state index is 0. The third-order valence-corrected chi connectivity index (χ3v) is 2.60. The fourth-order valence-corrected chi connectivity index (χ4v) is 1.62. The van der Waals surface area contributed by atoms with Gasteiger partial charge in [-0.05, 0) is 5.92 Å². The normalized spacial score (nSPS) is 12.2. The SMILES string of the molecule is CCCCCCC(C)CCCC.N. The molecule has 3 N–H and O–H groups in total. The van der Waals surface area contributed by atoms with Gasteiger partial charge < -0.3 is 6.15 Å². The first-order chi connectivity index (χ1) is 5.81. The first kappa shape index (κ1) is 15.4. The molecular formula is C12H29N. The standard InChI is InChI=1S/C12H26.H3N/c1-4-6-8-9-11-12(3)10-7-5-2;/h12H,4-11H2,1-3H3;1H3. The Morgan fingerprint density at radius 3 is 1.85 bits per heavy atom. The van der Waals surface area contributed by atoms with Crippen molar-refractivity contribution in [2.24, 2.45) is 5.92 Å². The van der Waals surface area contributed by atoms with Crippen LogP contribution in [0.15, 0.2) is 0 Å². The highest BCUT2D eigenvalue weighted by atomic mass is 14.1. The van der Waals surface area contributed by atoms with Crippen LogP contribution in [-0.4, -0.2) is 0 Å². The van der Waals surface area contributed by atoms with Crippen molar-refractivity contribution in [2.45, 2.75) is 72.1 Å². The lowest BCUT2D eigenvalue weighted by Crippen LogP contribution is -1.94. The van der Waals surface area contributed by atoms with Gasteiger partial charge in [-0.3, -0.25) is 0 Å². The summed E-state index contributed by atoms with van der Waals surface area (Å²) in [5.41, 5.74) is 0. The fraction of sp³-hybridized carbons (Fsp3) is 1.00. The summed E-state index contributed by atoms with van der Waals surface area (Å²) in [4.78, 5) is 0. The molecule has 0 rings (SSSR count). The molecule has 0 aliphatic rings. The van der Waals surface area contributed by atoms with Gasteiger partial charge in [0.15, 0.2) is 0 Å². The lowest BCUT2D eigenvalue weighted by molar-refractivity contribution is 0.445. The highest BCUT2D eigenvalue weighted by molar-refractivity contribution is 4.53. The fourth-order valence-electron chi connectivity index (χ4n) is 1.62. The molecule has 0 amide bonds. The Kier molecular flexibility index (Phi) is 14.2. The highest BCUT2D eigenvalue weighted by Gasteiger charge is 2.00. The van der Waals surface area contributed by atoms with Gasteiger partial charge in [0.25, 0.3) is 0 Å². The van der Waals surface area contributed by atoms with Crippen molar-refractivity contribution in [3.8, 4) is 0 Å². The second kappa shape index (κ2) is 12.0. The van der Waals surface area contributed by atoms with E-state index >= 15 is 0 Å². The summed E-state index contributed by atoms with van der Waals surface area (Å²) in [7, 11) is 0. The Labute approximate surface area is 84.9 Å². The molecule has 0 aromatic carbocycles. The Hall–Kier alpha value is -0.0400. The van der Waals surface area contributed by atoms with Gasteiger partial charge in [-0.15, -0.1) is 0 Å². The van der Waals surface area contributed by atoms with Gasteiger partial charge in [0.2, 0.25) is 0 Å². The summed E-state index contributed by atoms with van der Waals surface area (Å²) in [6, 6.07) is 0. The Balaban J connectivity index is 0. The van der Waals surface area contributed by atoms with Gasteiger partial charge in [-0.2, -0.15) is 0 Å². The van der Waals surface area contributed by atoms with Gasteiger partial charge in [-0.1, -0.05) is 72.1 Å². The highest BCUT2D eigenvalue weighted by Crippen LogP contribution is 2.15. The van der Waals surface area contributed by atoms with E-state index in [1.54, 1.807) is 0 Å². The lowest BCUT2D eigenvalue weighted by atomic mass is 9.97. The molecule has 0 saturated carbocycles. The average molecular weight is 187 g/mol. The molecule has 0 saturated heterocycles. The lowest BCUT2D eigenvalue weighted by Gasteiger charge is -2.09. The predicted octanol–water partition coefficient (Wildman–Crippen LogP) is 4.95. The third-order valence-electron chi connectivity index (χ3n) is 2.60. The summed E-state index contributed by atoms with van der Waals surface area (Å²) in [5, 5.41) is 0. The van der Waals surface area contributed by atoms with E-state index in [2.05, 4.69) is 20.8 Å². The topological polar surface area (TPSA) is 35.0 Å². The zero-order valence-corrected chi connectivity index (χ0v) is 9.94. The molecule has 0 spiro atoms. The van der Waals surface area contributed by atoms with Crippen molar-refractivity contribution in [1.82, 2.24) is 6.15 Å². The van der Waals surface area contributed by atoms with Gasteiger partial charge in [0.1, 0.15) is 0 Å². The van der Waals surface area contributed by atoms with E-state index in [4.69, 9.17) is 0 Å². The van der Waals surface area contributed by atoms with Crippen LogP contribution in [0.3, 0.4) is 0 Å². The summed E-state index contributed by atoms with van der Waals surface area (Å²) >= 11 is 0. The second-order valence-electron chi connectivity index (χ2n) is 4.10. The van der Waals surface area contributed by atoms with Crippen LogP contribution in [0.4, 0.5) is 0 Å². The molecule has 13 heavy (non-hydrogen) atoms. The van der Waals surface area contributed by atoms with E-state index in [9.17, 15) is 0 Å². The van der Waals surface area contributed by atoms with E-state index in [1.165, 1.54) is 51.4 Å². The van der Waals surface area contributed by atoms with Crippen molar-refractivity contribution in [3.05, 3.63) is 0 Å². The molecule has 0 aliphatic carbocycles. The summed E-state index contributed by atoms with van der Waals surface area (Å²) in [6.45, 7) is 6.96. The van der Waals surface area contributed by atoms with Crippen LogP contribution < -0.4 is 6.15 Å². The quantitative estimate of drug-likeness (QED) is 0.536. The zero-order valence-electron chi connectivity index (χ0n) is 9.94. The van der Waals surface area contributed by atoms with Crippen LogP contribution in [0.25, 0.3) is 0 Å². The van der Waals surface area contributed by atoms with Gasteiger partial charge in [0.05, 0.1) is 0 Å². The Morgan fingerprint density at radius 2 is 1.31 bits per heavy atom. The molecule has 0 aromatic heterocycles. The third kappa shape index (κ3) is 12.0. The van der Waals surface area contributed by atoms with Crippen LogP contribution in [0.5, 0.6) is 0 Å². The van der Waals surface area contributed by atoms with Gasteiger partial charge in [0, 0.05) is 0 Å². The Morgan fingerprint density at radius 1 is 0.769 bits per heavy atom. The van der Waals surface area contributed by atoms with Crippen molar-refractivity contribution in [2.75, 3.05) is 0 Å². The van der Waals surface area contributed by atoms with Crippen LogP contribution in [-0.2, 0) is 0 Å². The number of hydrogen-bond acceptors (Lipinski definition) is 1. The largest absolute Gasteiger partial charge is 0.344 e. The maximum atomic E-state index is 2.40. The van der Waals surface area contributed by atoms with Crippen LogP contribution in [0, 0.1) is 5.92 Å². The summed E-state index contributed by atoms with van der Waals surface area (Å²) < 4.78 is 0. The maximum Gasteiger partial charge on any atom is -0.0443 e. The van der Waals surface area contributed by atoms with E-state index in [0.29, 0.717) is 0 Å². The Bertz CT molecular complexity index is 81.2. The number of hydrogen-bond donors (Lipinski definition) is 1. The molecule has 0 bridgehead atoms. The van der Waals surface area contributed by atoms with Crippen molar-refractivity contribution < 1.29 is 0 Å². The van der Waals surface area contributed by atoms with Crippen molar-refractivity contribution in [1.29, 1.82) is 0 Å². The van der Waals surface area contributed by atoms with E-state index < -0.39 is 0 Å². The average Bonchev–Trinajstić information content (AvgIpc) is 2.09. The first-order valence-corrected chi connectivity index (χ1v) is 5.81. The first-order valence-electron chi connectivity index (χ1n) is 5.81. The number of rotatable bonds is 8. The summed E-state index contributed by atoms with van der Waals surface area (Å²) in [6.07, 6.45) is 11.4. The van der Waals surface area contributed by atoms with Crippen LogP contribution >= 0.6 is 0 Å². The minimum Gasteiger partial charge on any atom is -0.344 e. The summed E-state index contributed by atoms with van der Waals surface area (Å²) in [5.74, 6) is 0.974. The molecule has 1 atom stereocenters. The molecule has 1 nitrogen and oxygen atoms in total. The van der Waals surface area contributed by atoms with Gasteiger partial charge in [-0.25, -0.2) is 0 Å². The minimum atomic E-state index is 0. The molecule has 0 heterocycles. The second-order valence-corrected chi connectivity index (χ2v) is 4.10. The zero-order chi connectivity index (χ0) is 9.23. The van der Waals surface area contributed by atoms with Gasteiger partial charge >= 0.3 is 0 Å². The molecule has 1 heteroatoms. The molecular weight excluding hydrogens is 158 g/mol. The van der Waals surface area contributed by atoms with E-state index in [0.717, 1.165) is 5.92 Å². The van der Waals surface area contributed by atoms with E-state index in [1.807, 2.05) is 0 Å². The van der Waals surface area contributed by atoms with Crippen LogP contribution in [0.1, 0.15) is 72.1 Å². The molecule has 0 aliphatic heterocycles. The van der Waals surface area contributed by atoms with E-state index in [-0.39, 0.29) is 6.15 Å². The van der Waals surface area contributed by atoms with Crippen molar-refractivity contribution >= 4 is 0 Å². The molecule has 0 radical (unpaired) electrons. The molecule has 1 unspecified atom stereocenters.